The van der Waals surface area contributed by atoms with Crippen LogP contribution in [0.25, 0.3) is 0 Å². The molecule has 4 nitrogen and oxygen atoms in total. The van der Waals surface area contributed by atoms with E-state index < -0.39 is 5.82 Å². The predicted octanol–water partition coefficient (Wildman–Crippen LogP) is 2.86. The van der Waals surface area contributed by atoms with Crippen molar-refractivity contribution >= 4 is 11.6 Å². The van der Waals surface area contributed by atoms with E-state index in [1.165, 1.54) is 6.07 Å². The lowest BCUT2D eigenvalue weighted by Crippen LogP contribution is -2.22. The molecule has 116 valence electrons. The molecule has 5 heteroatoms. The highest BCUT2D eigenvalue weighted by Crippen LogP contribution is 2.14. The van der Waals surface area contributed by atoms with Gasteiger partial charge in [-0.05, 0) is 54.8 Å². The maximum Gasteiger partial charge on any atom is 0.193 e. The summed E-state index contributed by atoms with van der Waals surface area (Å²) in [6.45, 7) is 4.01. The third kappa shape index (κ3) is 4.30. The van der Waals surface area contributed by atoms with E-state index in [1.54, 1.807) is 12.1 Å². The molecule has 0 bridgehead atoms. The number of hydrogen-bond acceptors (Lipinski definition) is 2. The smallest absolute Gasteiger partial charge is 0.193 e. The Morgan fingerprint density at radius 1 is 1.18 bits per heavy atom. The molecule has 0 saturated carbocycles. The van der Waals surface area contributed by atoms with Crippen LogP contribution in [0, 0.1) is 19.7 Å². The minimum atomic E-state index is -0.420. The maximum atomic E-state index is 13.3. The van der Waals surface area contributed by atoms with Gasteiger partial charge >= 0.3 is 0 Å². The van der Waals surface area contributed by atoms with Crippen LogP contribution in [0.1, 0.15) is 22.3 Å². The molecule has 0 heterocycles. The Morgan fingerprint density at radius 3 is 2.50 bits per heavy atom. The number of benzene rings is 2. The number of nitrogens with one attached hydrogen (secondary N) is 1. The Morgan fingerprint density at radius 2 is 1.86 bits per heavy atom. The molecule has 0 spiro atoms. The number of nitrogens with two attached hydrogens (primary N) is 1. The number of aliphatic hydroxyl groups is 1. The normalized spacial score (nSPS) is 11.5. The zero-order chi connectivity index (χ0) is 16.1. The SMILES string of the molecule is Cc1cc(C)cc(NC(N)=NCc2ccc(F)c(CO)c2)c1. The van der Waals surface area contributed by atoms with Gasteiger partial charge in [-0.15, -0.1) is 0 Å². The van der Waals surface area contributed by atoms with Gasteiger partial charge in [0.05, 0.1) is 13.2 Å². The number of halogens is 1. The number of guanidine groups is 1. The van der Waals surface area contributed by atoms with E-state index >= 15 is 0 Å². The molecule has 0 saturated heterocycles. The molecule has 0 aliphatic heterocycles. The van der Waals surface area contributed by atoms with Crippen LogP contribution in [0.2, 0.25) is 0 Å². The third-order valence-electron chi connectivity index (χ3n) is 3.21. The summed E-state index contributed by atoms with van der Waals surface area (Å²) < 4.78 is 13.3. The van der Waals surface area contributed by atoms with Gasteiger partial charge in [0, 0.05) is 11.3 Å². The van der Waals surface area contributed by atoms with Crippen molar-refractivity contribution in [2.45, 2.75) is 27.0 Å². The summed E-state index contributed by atoms with van der Waals surface area (Å²) in [5.74, 6) is -0.128. The Balaban J connectivity index is 2.06. The first-order valence-electron chi connectivity index (χ1n) is 7.01. The van der Waals surface area contributed by atoms with E-state index in [0.29, 0.717) is 12.5 Å². The van der Waals surface area contributed by atoms with E-state index in [0.717, 1.165) is 22.4 Å². The van der Waals surface area contributed by atoms with Gasteiger partial charge in [0.2, 0.25) is 0 Å². The van der Waals surface area contributed by atoms with Gasteiger partial charge < -0.3 is 16.2 Å². The molecule has 0 atom stereocenters. The van der Waals surface area contributed by atoms with Crippen LogP contribution in [0.15, 0.2) is 41.4 Å². The zero-order valence-electron chi connectivity index (χ0n) is 12.7. The largest absolute Gasteiger partial charge is 0.392 e. The van der Waals surface area contributed by atoms with Gasteiger partial charge in [0.1, 0.15) is 5.82 Å². The van der Waals surface area contributed by atoms with Crippen molar-refractivity contribution in [3.8, 4) is 0 Å². The molecular weight excluding hydrogens is 281 g/mol. The van der Waals surface area contributed by atoms with Crippen molar-refractivity contribution in [1.82, 2.24) is 0 Å². The summed E-state index contributed by atoms with van der Waals surface area (Å²) in [5, 5.41) is 12.1. The van der Waals surface area contributed by atoms with Crippen molar-refractivity contribution in [1.29, 1.82) is 0 Å². The fourth-order valence-corrected chi connectivity index (χ4v) is 2.26. The molecule has 2 aromatic carbocycles. The first-order chi connectivity index (χ1) is 10.5. The van der Waals surface area contributed by atoms with Gasteiger partial charge in [-0.1, -0.05) is 12.1 Å². The highest BCUT2D eigenvalue weighted by Gasteiger charge is 2.03. The molecule has 0 unspecified atom stereocenters. The minimum Gasteiger partial charge on any atom is -0.392 e. The first-order valence-corrected chi connectivity index (χ1v) is 7.01. The summed E-state index contributed by atoms with van der Waals surface area (Å²) >= 11 is 0. The molecule has 0 radical (unpaired) electrons. The second-order valence-electron chi connectivity index (χ2n) is 5.29. The number of aryl methyl sites for hydroxylation is 2. The zero-order valence-corrected chi connectivity index (χ0v) is 12.7. The summed E-state index contributed by atoms with van der Waals surface area (Å²) in [6, 6.07) is 10.6. The van der Waals surface area contributed by atoms with Crippen LogP contribution in [-0.4, -0.2) is 11.1 Å². The highest BCUT2D eigenvalue weighted by atomic mass is 19.1. The lowest BCUT2D eigenvalue weighted by molar-refractivity contribution is 0.275. The number of nitrogens with zero attached hydrogens (tertiary/aromatic N) is 1. The quantitative estimate of drug-likeness (QED) is 0.601. The molecule has 0 amide bonds. The fraction of sp³-hybridized carbons (Fsp3) is 0.235. The minimum absolute atomic E-state index is 0.258. The molecule has 0 aliphatic carbocycles. The molecular formula is C17H20FN3O. The van der Waals surface area contributed by atoms with E-state index in [9.17, 15) is 4.39 Å². The van der Waals surface area contributed by atoms with E-state index in [2.05, 4.69) is 16.4 Å². The molecule has 4 N–H and O–H groups in total. The second kappa shape index (κ2) is 7.04. The van der Waals surface area contributed by atoms with Crippen LogP contribution >= 0.6 is 0 Å². The van der Waals surface area contributed by atoms with Gasteiger partial charge in [-0.3, -0.25) is 0 Å². The summed E-state index contributed by atoms with van der Waals surface area (Å²) in [4.78, 5) is 4.23. The Kier molecular flexibility index (Phi) is 5.12. The predicted molar refractivity (Wildman–Crippen MR) is 87.2 cm³/mol. The molecule has 0 fully saturated rings. The van der Waals surface area contributed by atoms with E-state index in [4.69, 9.17) is 10.8 Å². The monoisotopic (exact) mass is 301 g/mol. The van der Waals surface area contributed by atoms with Crippen molar-refractivity contribution < 1.29 is 9.50 Å². The van der Waals surface area contributed by atoms with Crippen LogP contribution < -0.4 is 11.1 Å². The lowest BCUT2D eigenvalue weighted by atomic mass is 10.1. The Labute approximate surface area is 129 Å². The van der Waals surface area contributed by atoms with Crippen LogP contribution in [0.3, 0.4) is 0 Å². The van der Waals surface area contributed by atoms with E-state index in [-0.39, 0.29) is 12.2 Å². The number of aliphatic imine (C=N–C) groups is 1. The number of hydrogen-bond donors (Lipinski definition) is 3. The van der Waals surface area contributed by atoms with Gasteiger partial charge in [-0.2, -0.15) is 0 Å². The van der Waals surface area contributed by atoms with Crippen LogP contribution in [0.5, 0.6) is 0 Å². The highest BCUT2D eigenvalue weighted by molar-refractivity contribution is 5.92. The van der Waals surface area contributed by atoms with Gasteiger partial charge in [-0.25, -0.2) is 9.38 Å². The molecule has 0 aliphatic rings. The second-order valence-corrected chi connectivity index (χ2v) is 5.29. The van der Waals surface area contributed by atoms with E-state index in [1.807, 2.05) is 26.0 Å². The number of anilines is 1. The number of rotatable bonds is 4. The lowest BCUT2D eigenvalue weighted by Gasteiger charge is -2.08. The maximum absolute atomic E-state index is 13.3. The Bertz CT molecular complexity index is 678. The van der Waals surface area contributed by atoms with Crippen molar-refractivity contribution in [2.24, 2.45) is 10.7 Å². The third-order valence-corrected chi connectivity index (χ3v) is 3.21. The molecule has 0 aromatic heterocycles. The fourth-order valence-electron chi connectivity index (χ4n) is 2.26. The first kappa shape index (κ1) is 16.0. The summed E-state index contributed by atoms with van der Waals surface area (Å²) in [6.07, 6.45) is 0. The number of aliphatic hydroxyl groups excluding tert-OH is 1. The van der Waals surface area contributed by atoms with Gasteiger partial charge in [0.25, 0.3) is 0 Å². The van der Waals surface area contributed by atoms with Crippen molar-refractivity contribution in [3.05, 3.63) is 64.5 Å². The topological polar surface area (TPSA) is 70.6 Å². The Hall–Kier alpha value is -2.40. The van der Waals surface area contributed by atoms with Crippen molar-refractivity contribution in [3.63, 3.8) is 0 Å². The van der Waals surface area contributed by atoms with Crippen LogP contribution in [-0.2, 0) is 13.2 Å². The average Bonchev–Trinajstić information content (AvgIpc) is 2.45. The standard InChI is InChI=1S/C17H20FN3O/c1-11-5-12(2)7-15(6-11)21-17(19)20-9-13-3-4-16(18)14(8-13)10-22/h3-8,22H,9-10H2,1-2H3,(H3,19,20,21). The molecule has 2 aromatic rings. The average molecular weight is 301 g/mol. The summed E-state index contributed by atoms with van der Waals surface area (Å²) in [7, 11) is 0. The van der Waals surface area contributed by atoms with Crippen molar-refractivity contribution in [2.75, 3.05) is 5.32 Å². The molecule has 22 heavy (non-hydrogen) atoms. The summed E-state index contributed by atoms with van der Waals surface area (Å²) in [5.41, 5.74) is 10.1. The molecule has 2 rings (SSSR count). The van der Waals surface area contributed by atoms with Gasteiger partial charge in [0.15, 0.2) is 5.96 Å². The van der Waals surface area contributed by atoms with Crippen LogP contribution in [0.4, 0.5) is 10.1 Å².